The molecule has 30 heavy (non-hydrogen) atoms. The van der Waals surface area contributed by atoms with E-state index in [2.05, 4.69) is 0 Å². The van der Waals surface area contributed by atoms with Gasteiger partial charge in [0.2, 0.25) is 0 Å². The van der Waals surface area contributed by atoms with Gasteiger partial charge in [-0.1, -0.05) is 71.2 Å². The molecule has 0 unspecified atom stereocenters. The number of hydrogen-bond acceptors (Lipinski definition) is 4. The van der Waals surface area contributed by atoms with E-state index in [0.29, 0.717) is 5.02 Å². The van der Waals surface area contributed by atoms with Gasteiger partial charge in [0.1, 0.15) is 5.25 Å². The van der Waals surface area contributed by atoms with Crippen LogP contribution in [-0.4, -0.2) is 25.2 Å². The van der Waals surface area contributed by atoms with E-state index in [1.165, 1.54) is 42.5 Å². The van der Waals surface area contributed by atoms with Crippen LogP contribution in [0.25, 0.3) is 0 Å². The summed E-state index contributed by atoms with van der Waals surface area (Å²) in [5.74, 6) is -1.20. The highest BCUT2D eigenvalue weighted by Gasteiger charge is 2.36. The average molecular weight is 461 g/mol. The van der Waals surface area contributed by atoms with Crippen molar-refractivity contribution in [3.8, 4) is 0 Å². The van der Waals surface area contributed by atoms with Crippen LogP contribution < -0.4 is 0 Å². The van der Waals surface area contributed by atoms with Gasteiger partial charge in [-0.25, -0.2) is 8.42 Å². The molecule has 0 fully saturated rings. The Balaban J connectivity index is 2.04. The van der Waals surface area contributed by atoms with E-state index >= 15 is 0 Å². The first kappa shape index (κ1) is 22.2. The van der Waals surface area contributed by atoms with E-state index in [1.54, 1.807) is 30.3 Å². The molecule has 0 amide bonds. The fourth-order valence-electron chi connectivity index (χ4n) is 3.02. The zero-order valence-corrected chi connectivity index (χ0v) is 18.3. The number of carbonyl (C=O) groups is 2. The zero-order valence-electron chi connectivity index (χ0n) is 16.0. The van der Waals surface area contributed by atoms with E-state index in [9.17, 15) is 18.0 Å². The molecule has 0 aliphatic heterocycles. The van der Waals surface area contributed by atoms with Crippen LogP contribution in [0.15, 0.2) is 77.7 Å². The summed E-state index contributed by atoms with van der Waals surface area (Å²) < 4.78 is 26.7. The Hall–Kier alpha value is -2.47. The van der Waals surface area contributed by atoms with Crippen molar-refractivity contribution in [2.24, 2.45) is 0 Å². The normalized spacial score (nSPS) is 12.4. The molecule has 154 valence electrons. The number of aryl methyl sites for hydroxylation is 1. The Morgan fingerprint density at radius 3 is 2.13 bits per heavy atom. The number of benzene rings is 3. The second-order valence-corrected chi connectivity index (χ2v) is 9.80. The van der Waals surface area contributed by atoms with Gasteiger partial charge in [-0.15, -0.1) is 0 Å². The first-order valence-electron chi connectivity index (χ1n) is 9.08. The van der Waals surface area contributed by atoms with Gasteiger partial charge in [-0.2, -0.15) is 0 Å². The number of Topliss-reactive ketones (excluding diaryl/α,β-unsaturated/α-hetero) is 2. The molecular formula is C23H18Cl2O4S. The minimum absolute atomic E-state index is 0.0163. The zero-order chi connectivity index (χ0) is 21.9. The molecule has 0 spiro atoms. The SMILES string of the molecule is Cc1ccc(S(=O)(=O)[C@H](CC(=O)c2ccc(Cl)cc2Cl)C(=O)c2ccccc2)cc1. The topological polar surface area (TPSA) is 68.3 Å². The lowest BCUT2D eigenvalue weighted by molar-refractivity contribution is 0.0921. The molecule has 3 aromatic carbocycles. The van der Waals surface area contributed by atoms with Crippen LogP contribution in [0, 0.1) is 6.92 Å². The molecular weight excluding hydrogens is 443 g/mol. The van der Waals surface area contributed by atoms with E-state index < -0.39 is 33.1 Å². The molecule has 3 aromatic rings. The highest BCUT2D eigenvalue weighted by atomic mass is 35.5. The summed E-state index contributed by atoms with van der Waals surface area (Å²) in [6.45, 7) is 1.83. The molecule has 0 aromatic heterocycles. The second-order valence-electron chi connectivity index (χ2n) is 6.83. The molecule has 0 saturated heterocycles. The van der Waals surface area contributed by atoms with Gasteiger partial charge in [0.25, 0.3) is 0 Å². The van der Waals surface area contributed by atoms with Gasteiger partial charge in [0, 0.05) is 22.6 Å². The Morgan fingerprint density at radius 1 is 0.900 bits per heavy atom. The van der Waals surface area contributed by atoms with E-state index in [-0.39, 0.29) is 21.0 Å². The number of rotatable bonds is 7. The first-order chi connectivity index (χ1) is 14.2. The minimum Gasteiger partial charge on any atom is -0.294 e. The van der Waals surface area contributed by atoms with Crippen LogP contribution >= 0.6 is 23.2 Å². The molecule has 7 heteroatoms. The van der Waals surface area contributed by atoms with Crippen molar-refractivity contribution >= 4 is 44.6 Å². The first-order valence-corrected chi connectivity index (χ1v) is 11.4. The Labute approximate surface area is 185 Å². The molecule has 3 rings (SSSR count). The summed E-state index contributed by atoms with van der Waals surface area (Å²) in [5.41, 5.74) is 1.21. The van der Waals surface area contributed by atoms with Crippen LogP contribution in [-0.2, 0) is 9.84 Å². The van der Waals surface area contributed by atoms with Crippen LogP contribution in [0.2, 0.25) is 10.0 Å². The molecule has 0 saturated carbocycles. The van der Waals surface area contributed by atoms with E-state index in [0.717, 1.165) is 5.56 Å². The number of halogens is 2. The molecule has 0 heterocycles. The highest BCUT2D eigenvalue weighted by Crippen LogP contribution is 2.27. The van der Waals surface area contributed by atoms with Crippen molar-refractivity contribution in [3.05, 3.63) is 99.5 Å². The average Bonchev–Trinajstić information content (AvgIpc) is 2.72. The van der Waals surface area contributed by atoms with Crippen molar-refractivity contribution in [1.29, 1.82) is 0 Å². The van der Waals surface area contributed by atoms with Gasteiger partial charge >= 0.3 is 0 Å². The van der Waals surface area contributed by atoms with E-state index in [1.807, 2.05) is 6.92 Å². The van der Waals surface area contributed by atoms with Crippen molar-refractivity contribution in [2.75, 3.05) is 0 Å². The number of ketones is 2. The predicted octanol–water partition coefficient (Wildman–Crippen LogP) is 5.60. The second kappa shape index (κ2) is 9.13. The van der Waals surface area contributed by atoms with Gasteiger partial charge in [-0.3, -0.25) is 9.59 Å². The fraction of sp³-hybridized carbons (Fsp3) is 0.130. The van der Waals surface area contributed by atoms with Crippen LogP contribution in [0.1, 0.15) is 32.7 Å². The molecule has 0 aliphatic rings. The summed E-state index contributed by atoms with van der Waals surface area (Å²) in [6, 6.07) is 18.5. The third-order valence-corrected chi connectivity index (χ3v) is 7.28. The van der Waals surface area contributed by atoms with Crippen molar-refractivity contribution in [2.45, 2.75) is 23.5 Å². The fourth-order valence-corrected chi connectivity index (χ4v) is 5.16. The summed E-state index contributed by atoms with van der Waals surface area (Å²) in [6.07, 6.45) is -0.536. The van der Waals surface area contributed by atoms with Gasteiger partial charge in [0.05, 0.1) is 9.92 Å². The summed E-state index contributed by atoms with van der Waals surface area (Å²) in [4.78, 5) is 26.0. The monoisotopic (exact) mass is 460 g/mol. The van der Waals surface area contributed by atoms with Crippen molar-refractivity contribution < 1.29 is 18.0 Å². The molecule has 0 aliphatic carbocycles. The van der Waals surface area contributed by atoms with Crippen LogP contribution in [0.4, 0.5) is 0 Å². The molecule has 4 nitrogen and oxygen atoms in total. The largest absolute Gasteiger partial charge is 0.294 e. The maximum absolute atomic E-state index is 13.3. The van der Waals surface area contributed by atoms with Crippen molar-refractivity contribution in [3.63, 3.8) is 0 Å². The predicted molar refractivity (Wildman–Crippen MR) is 118 cm³/mol. The summed E-state index contributed by atoms with van der Waals surface area (Å²) >= 11 is 12.0. The molecule has 0 bridgehead atoms. The lowest BCUT2D eigenvalue weighted by atomic mass is 10.0. The lowest BCUT2D eigenvalue weighted by Crippen LogP contribution is -2.33. The standard InChI is InChI=1S/C23H18Cl2O4S/c1-15-7-10-18(11-8-15)30(28,29)22(23(27)16-5-3-2-4-6-16)14-21(26)19-12-9-17(24)13-20(19)25/h2-13,22H,14H2,1H3/t22-/m1/s1. The van der Waals surface area contributed by atoms with Crippen LogP contribution in [0.5, 0.6) is 0 Å². The third kappa shape index (κ3) is 4.81. The smallest absolute Gasteiger partial charge is 0.189 e. The lowest BCUT2D eigenvalue weighted by Gasteiger charge is -2.17. The number of sulfone groups is 1. The maximum Gasteiger partial charge on any atom is 0.189 e. The minimum atomic E-state index is -4.13. The summed E-state index contributed by atoms with van der Waals surface area (Å²) in [7, 11) is -4.13. The Bertz CT molecular complexity index is 1190. The number of hydrogen-bond donors (Lipinski definition) is 0. The Morgan fingerprint density at radius 2 is 1.53 bits per heavy atom. The molecule has 0 N–H and O–H groups in total. The highest BCUT2D eigenvalue weighted by molar-refractivity contribution is 7.92. The van der Waals surface area contributed by atoms with Crippen LogP contribution in [0.3, 0.4) is 0 Å². The van der Waals surface area contributed by atoms with E-state index in [4.69, 9.17) is 23.2 Å². The number of carbonyl (C=O) groups excluding carboxylic acids is 2. The quantitative estimate of drug-likeness (QED) is 0.430. The Kier molecular flexibility index (Phi) is 6.76. The maximum atomic E-state index is 13.3. The molecule has 1 atom stereocenters. The third-order valence-electron chi connectivity index (χ3n) is 4.68. The molecule has 0 radical (unpaired) electrons. The summed E-state index contributed by atoms with van der Waals surface area (Å²) in [5, 5.41) is -1.13. The van der Waals surface area contributed by atoms with Gasteiger partial charge < -0.3 is 0 Å². The van der Waals surface area contributed by atoms with Crippen molar-refractivity contribution in [1.82, 2.24) is 0 Å². The van der Waals surface area contributed by atoms with Gasteiger partial charge in [0.15, 0.2) is 21.4 Å². The van der Waals surface area contributed by atoms with Gasteiger partial charge in [-0.05, 0) is 37.3 Å².